The molecule has 1 heterocycles. The van der Waals surface area contributed by atoms with Crippen molar-refractivity contribution in [3.63, 3.8) is 0 Å². The topological polar surface area (TPSA) is 90.4 Å². The molecule has 3 rings (SSSR count). The first-order chi connectivity index (χ1) is 13.1. The number of hydrogen-bond acceptors (Lipinski definition) is 8. The molecule has 0 aliphatic rings. The average molecular weight is 367 g/mol. The van der Waals surface area contributed by atoms with E-state index in [1.54, 1.807) is 39.7 Å². The molecule has 0 spiro atoms. The fourth-order valence-electron chi connectivity index (χ4n) is 2.52. The summed E-state index contributed by atoms with van der Waals surface area (Å²) in [4.78, 5) is 4.44. The Hall–Kier alpha value is -3.55. The van der Waals surface area contributed by atoms with Gasteiger partial charge in [0, 0.05) is 11.8 Å². The molecule has 0 amide bonds. The summed E-state index contributed by atoms with van der Waals surface area (Å²) in [6.07, 6.45) is 1.54. The first kappa shape index (κ1) is 18.2. The number of nitrogens with zero attached hydrogens (tertiary/aromatic N) is 3. The third-order valence-electron chi connectivity index (χ3n) is 3.82. The van der Waals surface area contributed by atoms with Gasteiger partial charge in [0.1, 0.15) is 5.75 Å². The van der Waals surface area contributed by atoms with Crippen molar-refractivity contribution >= 4 is 23.1 Å². The van der Waals surface area contributed by atoms with E-state index < -0.39 is 0 Å². The highest BCUT2D eigenvalue weighted by atomic mass is 16.5. The van der Waals surface area contributed by atoms with Crippen LogP contribution in [0.5, 0.6) is 17.2 Å². The van der Waals surface area contributed by atoms with Gasteiger partial charge in [0.05, 0.1) is 33.2 Å². The minimum atomic E-state index is 0.346. The predicted molar refractivity (Wildman–Crippen MR) is 104 cm³/mol. The summed E-state index contributed by atoms with van der Waals surface area (Å²) in [7, 11) is 4.80. The maximum atomic E-state index is 5.38. The van der Waals surface area contributed by atoms with Gasteiger partial charge in [0.25, 0.3) is 0 Å². The second-order valence-electron chi connectivity index (χ2n) is 5.69. The molecule has 2 N–H and O–H groups in total. The molecule has 1 aromatic heterocycles. The Morgan fingerprint density at radius 1 is 0.815 bits per heavy atom. The minimum Gasteiger partial charge on any atom is -0.495 e. The highest BCUT2D eigenvalue weighted by Crippen LogP contribution is 2.31. The van der Waals surface area contributed by atoms with Gasteiger partial charge in [-0.05, 0) is 36.8 Å². The van der Waals surface area contributed by atoms with E-state index in [-0.39, 0.29) is 0 Å². The van der Waals surface area contributed by atoms with Gasteiger partial charge in [0.2, 0.25) is 5.95 Å². The number of aromatic nitrogens is 3. The zero-order valence-electron chi connectivity index (χ0n) is 15.6. The highest BCUT2D eigenvalue weighted by Gasteiger charge is 2.08. The summed E-state index contributed by atoms with van der Waals surface area (Å²) < 4.78 is 15.9. The van der Waals surface area contributed by atoms with Crippen LogP contribution in [0, 0.1) is 6.92 Å². The largest absolute Gasteiger partial charge is 0.495 e. The highest BCUT2D eigenvalue weighted by molar-refractivity contribution is 5.66. The van der Waals surface area contributed by atoms with E-state index >= 15 is 0 Å². The molecule has 0 unspecified atom stereocenters. The number of methoxy groups -OCH3 is 3. The fraction of sp³-hybridized carbons (Fsp3) is 0.211. The first-order valence-electron chi connectivity index (χ1n) is 8.23. The van der Waals surface area contributed by atoms with Crippen LogP contribution in [-0.2, 0) is 0 Å². The molecule has 0 bridgehead atoms. The van der Waals surface area contributed by atoms with Crippen LogP contribution < -0.4 is 24.8 Å². The third-order valence-corrected chi connectivity index (χ3v) is 3.82. The van der Waals surface area contributed by atoms with E-state index in [0.29, 0.717) is 29.0 Å². The Morgan fingerprint density at radius 2 is 1.56 bits per heavy atom. The van der Waals surface area contributed by atoms with Crippen molar-refractivity contribution in [2.75, 3.05) is 32.0 Å². The van der Waals surface area contributed by atoms with Crippen molar-refractivity contribution < 1.29 is 14.2 Å². The molecule has 0 atom stereocenters. The van der Waals surface area contributed by atoms with Crippen LogP contribution in [0.2, 0.25) is 0 Å². The zero-order chi connectivity index (χ0) is 19.2. The Labute approximate surface area is 157 Å². The summed E-state index contributed by atoms with van der Waals surface area (Å²) in [5.41, 5.74) is 2.65. The SMILES string of the molecule is COc1ccc(C)cc1Nc1cnnc(Nc2ccc(OC)c(OC)c2)n1. The van der Waals surface area contributed by atoms with Crippen molar-refractivity contribution in [1.82, 2.24) is 15.2 Å². The lowest BCUT2D eigenvalue weighted by atomic mass is 10.2. The van der Waals surface area contributed by atoms with Gasteiger partial charge in [-0.25, -0.2) is 0 Å². The van der Waals surface area contributed by atoms with Crippen LogP contribution in [0.1, 0.15) is 5.56 Å². The minimum absolute atomic E-state index is 0.346. The number of aryl methyl sites for hydroxylation is 1. The Morgan fingerprint density at radius 3 is 2.30 bits per heavy atom. The lowest BCUT2D eigenvalue weighted by molar-refractivity contribution is 0.355. The molecule has 0 aliphatic carbocycles. The van der Waals surface area contributed by atoms with E-state index in [0.717, 1.165) is 16.9 Å². The summed E-state index contributed by atoms with van der Waals surface area (Å²) in [6, 6.07) is 11.3. The van der Waals surface area contributed by atoms with Crippen LogP contribution >= 0.6 is 0 Å². The number of rotatable bonds is 7. The zero-order valence-corrected chi connectivity index (χ0v) is 15.6. The normalized spacial score (nSPS) is 10.2. The molecule has 0 fully saturated rings. The molecule has 2 aromatic carbocycles. The van der Waals surface area contributed by atoms with Crippen molar-refractivity contribution in [1.29, 1.82) is 0 Å². The van der Waals surface area contributed by atoms with Gasteiger partial charge in [-0.1, -0.05) is 6.07 Å². The summed E-state index contributed by atoms with van der Waals surface area (Å²) >= 11 is 0. The van der Waals surface area contributed by atoms with Gasteiger partial charge in [0.15, 0.2) is 17.3 Å². The van der Waals surface area contributed by atoms with Gasteiger partial charge < -0.3 is 24.8 Å². The van der Waals surface area contributed by atoms with E-state index in [1.807, 2.05) is 31.2 Å². The Balaban J connectivity index is 1.81. The summed E-state index contributed by atoms with van der Waals surface area (Å²) in [5.74, 6) is 2.85. The molecule has 8 nitrogen and oxygen atoms in total. The molecule has 8 heteroatoms. The third kappa shape index (κ3) is 4.35. The van der Waals surface area contributed by atoms with Crippen LogP contribution in [0.4, 0.5) is 23.1 Å². The van der Waals surface area contributed by atoms with E-state index in [2.05, 4.69) is 25.8 Å². The lowest BCUT2D eigenvalue weighted by Gasteiger charge is -2.12. The summed E-state index contributed by atoms with van der Waals surface area (Å²) in [5, 5.41) is 14.3. The van der Waals surface area contributed by atoms with Crippen molar-refractivity contribution in [2.45, 2.75) is 6.92 Å². The second kappa shape index (κ2) is 8.22. The standard InChI is InChI=1S/C19H21N5O3/c1-12-5-7-15(25-2)14(9-12)22-18-11-20-24-19(23-18)21-13-6-8-16(26-3)17(10-13)27-4/h5-11H,1-4H3,(H2,21,22,23,24). The smallest absolute Gasteiger partial charge is 0.249 e. The first-order valence-corrected chi connectivity index (χ1v) is 8.23. The number of anilines is 4. The molecule has 3 aromatic rings. The van der Waals surface area contributed by atoms with E-state index in [1.165, 1.54) is 0 Å². The monoisotopic (exact) mass is 367 g/mol. The Kier molecular flexibility index (Phi) is 5.55. The fourth-order valence-corrected chi connectivity index (χ4v) is 2.52. The predicted octanol–water partition coefficient (Wildman–Crippen LogP) is 3.69. The molecular formula is C19H21N5O3. The number of ether oxygens (including phenoxy) is 3. The number of nitrogens with one attached hydrogen (secondary N) is 2. The average Bonchev–Trinajstić information content (AvgIpc) is 2.68. The van der Waals surface area contributed by atoms with Gasteiger partial charge in [-0.15, -0.1) is 5.10 Å². The summed E-state index contributed by atoms with van der Waals surface area (Å²) in [6.45, 7) is 2.01. The van der Waals surface area contributed by atoms with E-state index in [9.17, 15) is 0 Å². The van der Waals surface area contributed by atoms with Crippen LogP contribution in [0.3, 0.4) is 0 Å². The molecule has 140 valence electrons. The molecule has 27 heavy (non-hydrogen) atoms. The molecular weight excluding hydrogens is 346 g/mol. The lowest BCUT2D eigenvalue weighted by Crippen LogP contribution is -2.03. The van der Waals surface area contributed by atoms with Crippen LogP contribution in [0.25, 0.3) is 0 Å². The van der Waals surface area contributed by atoms with Gasteiger partial charge in [-0.3, -0.25) is 0 Å². The van der Waals surface area contributed by atoms with Crippen molar-refractivity contribution in [3.8, 4) is 17.2 Å². The van der Waals surface area contributed by atoms with Crippen LogP contribution in [-0.4, -0.2) is 36.5 Å². The molecule has 0 aliphatic heterocycles. The number of benzene rings is 2. The van der Waals surface area contributed by atoms with Crippen molar-refractivity contribution in [2.24, 2.45) is 0 Å². The van der Waals surface area contributed by atoms with Gasteiger partial charge in [-0.2, -0.15) is 10.1 Å². The quantitative estimate of drug-likeness (QED) is 0.653. The number of hydrogen-bond donors (Lipinski definition) is 2. The Bertz CT molecular complexity index is 933. The molecule has 0 saturated carbocycles. The molecule has 0 radical (unpaired) electrons. The van der Waals surface area contributed by atoms with Gasteiger partial charge >= 0.3 is 0 Å². The van der Waals surface area contributed by atoms with Crippen LogP contribution in [0.15, 0.2) is 42.6 Å². The van der Waals surface area contributed by atoms with E-state index in [4.69, 9.17) is 14.2 Å². The maximum Gasteiger partial charge on any atom is 0.249 e. The maximum absolute atomic E-state index is 5.38. The molecule has 0 saturated heterocycles. The second-order valence-corrected chi connectivity index (χ2v) is 5.69. The van der Waals surface area contributed by atoms with Crippen molar-refractivity contribution in [3.05, 3.63) is 48.2 Å².